The first-order valence-corrected chi connectivity index (χ1v) is 8.18. The van der Waals surface area contributed by atoms with E-state index in [1.807, 2.05) is 0 Å². The summed E-state index contributed by atoms with van der Waals surface area (Å²) in [4.78, 5) is 2.58. The van der Waals surface area contributed by atoms with Gasteiger partial charge in [-0.2, -0.15) is 0 Å². The summed E-state index contributed by atoms with van der Waals surface area (Å²) < 4.78 is 0. The largest absolute Gasteiger partial charge is 0.312 e. The van der Waals surface area contributed by atoms with Crippen molar-refractivity contribution in [1.82, 2.24) is 10.2 Å². The van der Waals surface area contributed by atoms with Crippen LogP contribution in [0.1, 0.15) is 44.7 Å². The second-order valence-corrected chi connectivity index (χ2v) is 6.62. The number of hydrogen-bond acceptors (Lipinski definition) is 2. The van der Waals surface area contributed by atoms with Gasteiger partial charge in [0.1, 0.15) is 0 Å². The molecule has 1 aliphatic rings. The standard InChI is InChI=1S/C18H30N2/c1-4-20(13-16-8-9-16)14-18-7-5-6-17(10-18)12-19-11-15(2)3/h5-7,10,15-16,19H,4,8-9,11-14H2,1-3H3. The average molecular weight is 274 g/mol. The van der Waals surface area contributed by atoms with Crippen molar-refractivity contribution < 1.29 is 0 Å². The van der Waals surface area contributed by atoms with Crippen LogP contribution in [-0.2, 0) is 13.1 Å². The maximum Gasteiger partial charge on any atom is 0.0233 e. The minimum atomic E-state index is 0.715. The molecule has 1 aliphatic carbocycles. The molecule has 2 heteroatoms. The number of nitrogens with one attached hydrogen (secondary N) is 1. The second kappa shape index (κ2) is 7.80. The van der Waals surface area contributed by atoms with Crippen molar-refractivity contribution in [3.8, 4) is 0 Å². The third-order valence-electron chi connectivity index (χ3n) is 3.94. The minimum absolute atomic E-state index is 0.715. The molecule has 0 amide bonds. The lowest BCUT2D eigenvalue weighted by Crippen LogP contribution is -2.25. The SMILES string of the molecule is CCN(Cc1cccc(CNCC(C)C)c1)CC1CC1. The smallest absolute Gasteiger partial charge is 0.0233 e. The van der Waals surface area contributed by atoms with Crippen LogP contribution in [0.25, 0.3) is 0 Å². The molecule has 2 nitrogen and oxygen atoms in total. The Morgan fingerprint density at radius 3 is 2.65 bits per heavy atom. The van der Waals surface area contributed by atoms with Gasteiger partial charge in [0.05, 0.1) is 0 Å². The number of rotatable bonds is 9. The van der Waals surface area contributed by atoms with Crippen LogP contribution >= 0.6 is 0 Å². The fourth-order valence-corrected chi connectivity index (χ4v) is 2.57. The predicted octanol–water partition coefficient (Wildman–Crippen LogP) is 3.66. The van der Waals surface area contributed by atoms with E-state index < -0.39 is 0 Å². The Balaban J connectivity index is 1.84. The molecule has 0 heterocycles. The van der Waals surface area contributed by atoms with Gasteiger partial charge in [-0.1, -0.05) is 45.0 Å². The molecule has 0 spiro atoms. The molecular formula is C18H30N2. The van der Waals surface area contributed by atoms with E-state index in [1.54, 1.807) is 0 Å². The van der Waals surface area contributed by atoms with E-state index >= 15 is 0 Å². The van der Waals surface area contributed by atoms with Crippen LogP contribution < -0.4 is 5.32 Å². The predicted molar refractivity (Wildman–Crippen MR) is 86.7 cm³/mol. The van der Waals surface area contributed by atoms with Crippen LogP contribution in [-0.4, -0.2) is 24.5 Å². The molecule has 1 aromatic carbocycles. The third kappa shape index (κ3) is 5.64. The summed E-state index contributed by atoms with van der Waals surface area (Å²) in [7, 11) is 0. The summed E-state index contributed by atoms with van der Waals surface area (Å²) in [5.74, 6) is 1.69. The lowest BCUT2D eigenvalue weighted by molar-refractivity contribution is 0.268. The van der Waals surface area contributed by atoms with Crippen molar-refractivity contribution in [2.24, 2.45) is 11.8 Å². The van der Waals surface area contributed by atoms with Crippen LogP contribution in [0.5, 0.6) is 0 Å². The molecule has 20 heavy (non-hydrogen) atoms. The van der Waals surface area contributed by atoms with Crippen molar-refractivity contribution in [3.05, 3.63) is 35.4 Å². The molecule has 1 N–H and O–H groups in total. The maximum absolute atomic E-state index is 3.52. The molecule has 1 fully saturated rings. The highest BCUT2D eigenvalue weighted by molar-refractivity contribution is 5.23. The highest BCUT2D eigenvalue weighted by Crippen LogP contribution is 2.30. The first-order valence-electron chi connectivity index (χ1n) is 8.18. The summed E-state index contributed by atoms with van der Waals surface area (Å²) in [6.07, 6.45) is 2.88. The molecule has 0 bridgehead atoms. The van der Waals surface area contributed by atoms with Gasteiger partial charge in [0, 0.05) is 19.6 Å². The highest BCUT2D eigenvalue weighted by Gasteiger charge is 2.23. The van der Waals surface area contributed by atoms with Crippen molar-refractivity contribution in [1.29, 1.82) is 0 Å². The van der Waals surface area contributed by atoms with E-state index in [1.165, 1.54) is 30.5 Å². The fourth-order valence-electron chi connectivity index (χ4n) is 2.57. The van der Waals surface area contributed by atoms with Crippen LogP contribution in [0, 0.1) is 11.8 Å². The number of nitrogens with zero attached hydrogens (tertiary/aromatic N) is 1. The number of hydrogen-bond donors (Lipinski definition) is 1. The quantitative estimate of drug-likeness (QED) is 0.739. The Morgan fingerprint density at radius 2 is 2.00 bits per heavy atom. The van der Waals surface area contributed by atoms with Crippen LogP contribution in [0.3, 0.4) is 0 Å². The van der Waals surface area contributed by atoms with E-state index in [-0.39, 0.29) is 0 Å². The first kappa shape index (κ1) is 15.5. The normalized spacial score (nSPS) is 15.2. The van der Waals surface area contributed by atoms with Gasteiger partial charge >= 0.3 is 0 Å². The van der Waals surface area contributed by atoms with Crippen molar-refractivity contribution in [2.45, 2.75) is 46.7 Å². The average Bonchev–Trinajstić information content (AvgIpc) is 3.22. The van der Waals surface area contributed by atoms with Crippen molar-refractivity contribution in [3.63, 3.8) is 0 Å². The van der Waals surface area contributed by atoms with Gasteiger partial charge < -0.3 is 5.32 Å². The zero-order chi connectivity index (χ0) is 14.4. The molecule has 0 aliphatic heterocycles. The van der Waals surface area contributed by atoms with Gasteiger partial charge in [-0.15, -0.1) is 0 Å². The van der Waals surface area contributed by atoms with E-state index in [9.17, 15) is 0 Å². The van der Waals surface area contributed by atoms with Crippen LogP contribution in [0.2, 0.25) is 0 Å². The Morgan fingerprint density at radius 1 is 1.25 bits per heavy atom. The summed E-state index contributed by atoms with van der Waals surface area (Å²) in [6, 6.07) is 9.06. The Hall–Kier alpha value is -0.860. The summed E-state index contributed by atoms with van der Waals surface area (Å²) in [5.41, 5.74) is 2.86. The topological polar surface area (TPSA) is 15.3 Å². The molecule has 0 atom stereocenters. The Bertz CT molecular complexity index is 396. The van der Waals surface area contributed by atoms with Crippen molar-refractivity contribution >= 4 is 0 Å². The maximum atomic E-state index is 3.52. The zero-order valence-corrected chi connectivity index (χ0v) is 13.4. The van der Waals surface area contributed by atoms with E-state index in [4.69, 9.17) is 0 Å². The fraction of sp³-hybridized carbons (Fsp3) is 0.667. The van der Waals surface area contributed by atoms with Crippen molar-refractivity contribution in [2.75, 3.05) is 19.6 Å². The van der Waals surface area contributed by atoms with E-state index in [0.717, 1.165) is 32.1 Å². The van der Waals surface area contributed by atoms with E-state index in [0.29, 0.717) is 5.92 Å². The first-order chi connectivity index (χ1) is 9.67. The van der Waals surface area contributed by atoms with Gasteiger partial charge in [0.25, 0.3) is 0 Å². The van der Waals surface area contributed by atoms with Crippen LogP contribution in [0.4, 0.5) is 0 Å². The molecular weight excluding hydrogens is 244 g/mol. The zero-order valence-electron chi connectivity index (χ0n) is 13.4. The second-order valence-electron chi connectivity index (χ2n) is 6.62. The summed E-state index contributed by atoms with van der Waals surface area (Å²) in [5, 5.41) is 3.52. The molecule has 1 aromatic rings. The highest BCUT2D eigenvalue weighted by atomic mass is 15.1. The Labute approximate surface area is 124 Å². The van der Waals surface area contributed by atoms with Crippen LogP contribution in [0.15, 0.2) is 24.3 Å². The lowest BCUT2D eigenvalue weighted by atomic mass is 10.1. The van der Waals surface area contributed by atoms with Gasteiger partial charge in [-0.25, -0.2) is 0 Å². The molecule has 1 saturated carbocycles. The van der Waals surface area contributed by atoms with Gasteiger partial charge in [0.15, 0.2) is 0 Å². The van der Waals surface area contributed by atoms with Gasteiger partial charge in [-0.3, -0.25) is 4.90 Å². The van der Waals surface area contributed by atoms with Gasteiger partial charge in [0.2, 0.25) is 0 Å². The third-order valence-corrected chi connectivity index (χ3v) is 3.94. The molecule has 0 unspecified atom stereocenters. The number of benzene rings is 1. The summed E-state index contributed by atoms with van der Waals surface area (Å²) in [6.45, 7) is 12.4. The Kier molecular flexibility index (Phi) is 6.06. The minimum Gasteiger partial charge on any atom is -0.312 e. The molecule has 0 aromatic heterocycles. The van der Waals surface area contributed by atoms with E-state index in [2.05, 4.69) is 55.3 Å². The lowest BCUT2D eigenvalue weighted by Gasteiger charge is -2.20. The molecule has 112 valence electrons. The molecule has 0 saturated heterocycles. The molecule has 0 radical (unpaired) electrons. The summed E-state index contributed by atoms with van der Waals surface area (Å²) >= 11 is 0. The molecule has 2 rings (SSSR count). The van der Waals surface area contributed by atoms with Gasteiger partial charge in [-0.05, 0) is 48.9 Å². The monoisotopic (exact) mass is 274 g/mol.